The van der Waals surface area contributed by atoms with Crippen LogP contribution < -0.4 is 10.2 Å². The van der Waals surface area contributed by atoms with Crippen molar-refractivity contribution in [3.8, 4) is 0 Å². The highest BCUT2D eigenvalue weighted by Crippen LogP contribution is 2.34. The second kappa shape index (κ2) is 6.27. The van der Waals surface area contributed by atoms with Gasteiger partial charge in [0.1, 0.15) is 0 Å². The van der Waals surface area contributed by atoms with Crippen molar-refractivity contribution < 1.29 is 0 Å². The minimum Gasteiger partial charge on any atom is -0.371 e. The smallest absolute Gasteiger partial charge is 0.0412 e. The van der Waals surface area contributed by atoms with E-state index in [4.69, 9.17) is 0 Å². The molecule has 0 aliphatic carbocycles. The summed E-state index contributed by atoms with van der Waals surface area (Å²) in [6.45, 7) is 11.2. The topological polar surface area (TPSA) is 15.3 Å². The lowest BCUT2D eigenvalue weighted by atomic mass is 9.82. The first kappa shape index (κ1) is 14.9. The third-order valence-electron chi connectivity index (χ3n) is 4.06. The van der Waals surface area contributed by atoms with Crippen molar-refractivity contribution in [2.24, 2.45) is 5.41 Å². The fourth-order valence-electron chi connectivity index (χ4n) is 2.62. The summed E-state index contributed by atoms with van der Waals surface area (Å²) in [6, 6.07) is 6.66. The van der Waals surface area contributed by atoms with Crippen molar-refractivity contribution in [3.05, 3.63) is 28.2 Å². The number of piperidine rings is 1. The molecule has 1 fully saturated rings. The first-order valence-electron chi connectivity index (χ1n) is 7.26. The minimum atomic E-state index is 0.508. The highest BCUT2D eigenvalue weighted by atomic mass is 79.9. The van der Waals surface area contributed by atoms with Crippen LogP contribution in [0.1, 0.15) is 39.2 Å². The highest BCUT2D eigenvalue weighted by Gasteiger charge is 2.26. The zero-order valence-corrected chi connectivity index (χ0v) is 13.9. The van der Waals surface area contributed by atoms with Crippen LogP contribution in [0.2, 0.25) is 0 Å². The Labute approximate surface area is 125 Å². The number of nitrogens with zero attached hydrogens (tertiary/aromatic N) is 1. The van der Waals surface area contributed by atoms with Crippen LogP contribution in [0.25, 0.3) is 0 Å². The molecule has 2 rings (SSSR count). The highest BCUT2D eigenvalue weighted by molar-refractivity contribution is 9.10. The number of nitrogens with one attached hydrogen (secondary N) is 1. The quantitative estimate of drug-likeness (QED) is 0.893. The predicted octanol–water partition coefficient (Wildman–Crippen LogP) is 4.19. The molecule has 0 bridgehead atoms. The lowest BCUT2D eigenvalue weighted by Crippen LogP contribution is -2.38. The lowest BCUT2D eigenvalue weighted by Gasteiger charge is -2.39. The zero-order valence-electron chi connectivity index (χ0n) is 12.3. The van der Waals surface area contributed by atoms with E-state index in [1.165, 1.54) is 41.7 Å². The molecule has 2 nitrogen and oxygen atoms in total. The van der Waals surface area contributed by atoms with Gasteiger partial charge in [0.15, 0.2) is 0 Å². The summed E-state index contributed by atoms with van der Waals surface area (Å²) in [5.74, 6) is 0. The van der Waals surface area contributed by atoms with Gasteiger partial charge in [-0.05, 0) is 48.6 Å². The van der Waals surface area contributed by atoms with Gasteiger partial charge >= 0.3 is 0 Å². The van der Waals surface area contributed by atoms with E-state index in [1.807, 2.05) is 0 Å². The van der Waals surface area contributed by atoms with Crippen molar-refractivity contribution >= 4 is 21.6 Å². The SMILES string of the molecule is CCNCc1cc(Br)ccc1N1CCC(C)(C)CC1. The van der Waals surface area contributed by atoms with E-state index in [2.05, 4.69) is 65.1 Å². The minimum absolute atomic E-state index is 0.508. The van der Waals surface area contributed by atoms with Crippen molar-refractivity contribution in [3.63, 3.8) is 0 Å². The molecule has 0 radical (unpaired) electrons. The zero-order chi connectivity index (χ0) is 13.9. The van der Waals surface area contributed by atoms with E-state index in [0.717, 1.165) is 13.1 Å². The Hall–Kier alpha value is -0.540. The van der Waals surface area contributed by atoms with Crippen molar-refractivity contribution in [2.45, 2.75) is 40.2 Å². The van der Waals surface area contributed by atoms with Crippen LogP contribution >= 0.6 is 15.9 Å². The molecule has 0 amide bonds. The molecular formula is C16H25BrN2. The van der Waals surface area contributed by atoms with Gasteiger partial charge in [-0.15, -0.1) is 0 Å². The maximum absolute atomic E-state index is 3.58. The molecule has 1 aromatic carbocycles. The second-order valence-corrected chi connectivity index (χ2v) is 7.12. The molecule has 0 saturated carbocycles. The molecule has 1 aliphatic rings. The van der Waals surface area contributed by atoms with Crippen LogP contribution in [-0.4, -0.2) is 19.6 Å². The molecule has 0 atom stereocenters. The summed E-state index contributed by atoms with van der Waals surface area (Å²) in [7, 11) is 0. The molecule has 0 unspecified atom stereocenters. The summed E-state index contributed by atoms with van der Waals surface area (Å²) in [5.41, 5.74) is 3.31. The van der Waals surface area contributed by atoms with Crippen LogP contribution in [0.15, 0.2) is 22.7 Å². The standard InChI is InChI=1S/C16H25BrN2/c1-4-18-12-13-11-14(17)5-6-15(13)19-9-7-16(2,3)8-10-19/h5-6,11,18H,4,7-10,12H2,1-3H3. The molecule has 3 heteroatoms. The Morgan fingerprint density at radius 3 is 2.58 bits per heavy atom. The van der Waals surface area contributed by atoms with Gasteiger partial charge in [0, 0.05) is 29.8 Å². The Bertz CT molecular complexity index is 419. The van der Waals surface area contributed by atoms with Crippen molar-refractivity contribution in [1.29, 1.82) is 0 Å². The van der Waals surface area contributed by atoms with E-state index in [-0.39, 0.29) is 0 Å². The Kier molecular flexibility index (Phi) is 4.91. The summed E-state index contributed by atoms with van der Waals surface area (Å²) < 4.78 is 1.17. The normalized spacial score (nSPS) is 18.6. The number of hydrogen-bond donors (Lipinski definition) is 1. The van der Waals surface area contributed by atoms with E-state index >= 15 is 0 Å². The number of halogens is 1. The van der Waals surface area contributed by atoms with E-state index < -0.39 is 0 Å². The van der Waals surface area contributed by atoms with Gasteiger partial charge in [-0.2, -0.15) is 0 Å². The third-order valence-corrected chi connectivity index (χ3v) is 4.56. The molecule has 19 heavy (non-hydrogen) atoms. The third kappa shape index (κ3) is 3.96. The predicted molar refractivity (Wildman–Crippen MR) is 86.8 cm³/mol. The van der Waals surface area contributed by atoms with Gasteiger partial charge < -0.3 is 10.2 Å². The van der Waals surface area contributed by atoms with Gasteiger partial charge in [0.05, 0.1) is 0 Å². The Balaban J connectivity index is 2.15. The van der Waals surface area contributed by atoms with Crippen LogP contribution in [-0.2, 0) is 6.54 Å². The lowest BCUT2D eigenvalue weighted by molar-refractivity contribution is 0.279. The molecule has 0 spiro atoms. The van der Waals surface area contributed by atoms with Crippen LogP contribution in [0.4, 0.5) is 5.69 Å². The fourth-order valence-corrected chi connectivity index (χ4v) is 3.03. The van der Waals surface area contributed by atoms with Crippen molar-refractivity contribution in [1.82, 2.24) is 5.32 Å². The largest absolute Gasteiger partial charge is 0.371 e. The number of anilines is 1. The fraction of sp³-hybridized carbons (Fsp3) is 0.625. The van der Waals surface area contributed by atoms with Crippen LogP contribution in [0, 0.1) is 5.41 Å². The summed E-state index contributed by atoms with van der Waals surface area (Å²) in [6.07, 6.45) is 2.56. The summed E-state index contributed by atoms with van der Waals surface area (Å²) in [4.78, 5) is 2.55. The van der Waals surface area contributed by atoms with Gasteiger partial charge in [0.2, 0.25) is 0 Å². The van der Waals surface area contributed by atoms with Gasteiger partial charge in [-0.25, -0.2) is 0 Å². The molecule has 0 aromatic heterocycles. The van der Waals surface area contributed by atoms with Crippen molar-refractivity contribution in [2.75, 3.05) is 24.5 Å². The Morgan fingerprint density at radius 1 is 1.26 bits per heavy atom. The number of rotatable bonds is 4. The van der Waals surface area contributed by atoms with Gasteiger partial charge in [-0.1, -0.05) is 36.7 Å². The first-order valence-corrected chi connectivity index (χ1v) is 8.05. The van der Waals surface area contributed by atoms with Gasteiger partial charge in [-0.3, -0.25) is 0 Å². The maximum atomic E-state index is 3.58. The monoisotopic (exact) mass is 324 g/mol. The molecule has 1 heterocycles. The second-order valence-electron chi connectivity index (χ2n) is 6.20. The number of hydrogen-bond acceptors (Lipinski definition) is 2. The first-order chi connectivity index (χ1) is 9.02. The van der Waals surface area contributed by atoms with Crippen LogP contribution in [0.5, 0.6) is 0 Å². The molecule has 1 saturated heterocycles. The Morgan fingerprint density at radius 2 is 1.95 bits per heavy atom. The molecule has 106 valence electrons. The van der Waals surface area contributed by atoms with E-state index in [1.54, 1.807) is 0 Å². The summed E-state index contributed by atoms with van der Waals surface area (Å²) in [5, 5.41) is 3.44. The molecule has 1 aromatic rings. The molecule has 1 N–H and O–H groups in total. The van der Waals surface area contributed by atoms with Gasteiger partial charge in [0.25, 0.3) is 0 Å². The molecule has 1 aliphatic heterocycles. The summed E-state index contributed by atoms with van der Waals surface area (Å²) >= 11 is 3.58. The average molecular weight is 325 g/mol. The molecular weight excluding hydrogens is 300 g/mol. The number of benzene rings is 1. The van der Waals surface area contributed by atoms with E-state index in [0.29, 0.717) is 5.41 Å². The van der Waals surface area contributed by atoms with Crippen LogP contribution in [0.3, 0.4) is 0 Å². The maximum Gasteiger partial charge on any atom is 0.0412 e. The average Bonchev–Trinajstić information content (AvgIpc) is 2.37. The van der Waals surface area contributed by atoms with E-state index in [9.17, 15) is 0 Å².